The molecule has 0 heterocycles. The number of ether oxygens (including phenoxy) is 1. The van der Waals surface area contributed by atoms with E-state index in [1.807, 2.05) is 27.7 Å². The minimum atomic E-state index is -1.15. The van der Waals surface area contributed by atoms with Crippen molar-refractivity contribution in [2.24, 2.45) is 0 Å². The van der Waals surface area contributed by atoms with E-state index in [4.69, 9.17) is 14.9 Å². The number of aliphatic hydroxyl groups is 4. The number of anilines is 1. The van der Waals surface area contributed by atoms with E-state index in [9.17, 15) is 24.6 Å². The fraction of sp³-hybridized carbons (Fsp3) is 0.654. The molecule has 0 aliphatic rings. The summed E-state index contributed by atoms with van der Waals surface area (Å²) in [6, 6.07) is 0. The Morgan fingerprint density at radius 3 is 1.92 bits per heavy atom. The zero-order valence-electron chi connectivity index (χ0n) is 23.8. The maximum absolute atomic E-state index is 13.3. The van der Waals surface area contributed by atoms with E-state index in [2.05, 4.69) is 10.6 Å². The van der Waals surface area contributed by atoms with Crippen molar-refractivity contribution in [3.63, 3.8) is 0 Å². The molecule has 0 aliphatic carbocycles. The van der Waals surface area contributed by atoms with Crippen molar-refractivity contribution in [3.8, 4) is 0 Å². The average molecular weight is 530 g/mol. The Morgan fingerprint density at radius 2 is 1.46 bits per heavy atom. The molecule has 1 aromatic carbocycles. The predicted octanol–water partition coefficient (Wildman–Crippen LogP) is 1.01. The first-order valence-electron chi connectivity index (χ1n) is 12.6. The van der Waals surface area contributed by atoms with Gasteiger partial charge in [-0.15, -0.1) is 0 Å². The lowest BCUT2D eigenvalue weighted by molar-refractivity contribution is -0.119. The molecule has 0 saturated carbocycles. The van der Waals surface area contributed by atoms with Crippen LogP contribution >= 0.6 is 0 Å². The van der Waals surface area contributed by atoms with Crippen LogP contribution in [0.2, 0.25) is 0 Å². The third kappa shape index (κ3) is 10.7. The fourth-order valence-corrected chi connectivity index (χ4v) is 3.56. The third-order valence-corrected chi connectivity index (χ3v) is 5.19. The SMILES string of the molecule is CC.CC.CCc1c(C(=O)NCC(O)CO)c(C)c(NC(=O)COC)c(C)c1C(=O)N(C)CC(O)CO. The van der Waals surface area contributed by atoms with Crippen molar-refractivity contribution in [2.75, 3.05) is 52.4 Å². The summed E-state index contributed by atoms with van der Waals surface area (Å²) >= 11 is 0. The van der Waals surface area contributed by atoms with Crippen LogP contribution in [0, 0.1) is 13.8 Å². The molecule has 0 aliphatic heterocycles. The van der Waals surface area contributed by atoms with Crippen molar-refractivity contribution in [1.29, 1.82) is 0 Å². The number of carbonyl (C=O) groups is 3. The van der Waals surface area contributed by atoms with Gasteiger partial charge in [0.1, 0.15) is 6.61 Å². The van der Waals surface area contributed by atoms with Crippen molar-refractivity contribution < 1.29 is 39.5 Å². The highest BCUT2D eigenvalue weighted by Crippen LogP contribution is 2.33. The minimum Gasteiger partial charge on any atom is -0.394 e. The Morgan fingerprint density at radius 1 is 0.946 bits per heavy atom. The molecule has 3 amide bonds. The molecule has 11 nitrogen and oxygen atoms in total. The molecule has 37 heavy (non-hydrogen) atoms. The number of amides is 3. The highest BCUT2D eigenvalue weighted by molar-refractivity contribution is 6.08. The van der Waals surface area contributed by atoms with Crippen molar-refractivity contribution >= 4 is 23.4 Å². The van der Waals surface area contributed by atoms with Gasteiger partial charge in [-0.1, -0.05) is 34.6 Å². The first kappa shape index (κ1) is 36.6. The summed E-state index contributed by atoms with van der Waals surface area (Å²) in [4.78, 5) is 39.9. The van der Waals surface area contributed by atoms with E-state index < -0.39 is 43.1 Å². The van der Waals surface area contributed by atoms with Gasteiger partial charge in [0.25, 0.3) is 11.8 Å². The number of hydrogen-bond acceptors (Lipinski definition) is 8. The Bertz CT molecular complexity index is 861. The number of likely N-dealkylation sites (N-methyl/N-ethyl adjacent to an activating group) is 1. The van der Waals surface area contributed by atoms with Crippen LogP contribution in [0.4, 0.5) is 5.69 Å². The number of nitrogens with zero attached hydrogens (tertiary/aromatic N) is 1. The highest BCUT2D eigenvalue weighted by Gasteiger charge is 2.29. The van der Waals surface area contributed by atoms with Gasteiger partial charge in [0.2, 0.25) is 5.91 Å². The molecule has 6 N–H and O–H groups in total. The molecule has 2 unspecified atom stereocenters. The second-order valence-electron chi connectivity index (χ2n) is 7.76. The second-order valence-corrected chi connectivity index (χ2v) is 7.76. The molecule has 1 aromatic rings. The number of hydrogen-bond donors (Lipinski definition) is 6. The number of aliphatic hydroxyl groups excluding tert-OH is 4. The van der Waals surface area contributed by atoms with Crippen LogP contribution in [-0.4, -0.2) is 102 Å². The molecule has 0 radical (unpaired) electrons. The van der Waals surface area contributed by atoms with Gasteiger partial charge in [-0.3, -0.25) is 14.4 Å². The molecule has 0 aromatic heterocycles. The van der Waals surface area contributed by atoms with Crippen LogP contribution in [0.15, 0.2) is 0 Å². The molecule has 0 saturated heterocycles. The summed E-state index contributed by atoms with van der Waals surface area (Å²) in [7, 11) is 2.82. The quantitative estimate of drug-likeness (QED) is 0.233. The van der Waals surface area contributed by atoms with Gasteiger partial charge in [0.05, 0.1) is 25.4 Å². The molecule has 0 spiro atoms. The molecule has 0 fully saturated rings. The van der Waals surface area contributed by atoms with Crippen LogP contribution in [0.5, 0.6) is 0 Å². The fourth-order valence-electron chi connectivity index (χ4n) is 3.56. The Hall–Kier alpha value is -2.57. The lowest BCUT2D eigenvalue weighted by atomic mass is 9.87. The van der Waals surface area contributed by atoms with Crippen molar-refractivity contribution in [3.05, 3.63) is 27.8 Å². The van der Waals surface area contributed by atoms with Crippen molar-refractivity contribution in [2.45, 2.75) is 67.1 Å². The lowest BCUT2D eigenvalue weighted by Gasteiger charge is -2.26. The van der Waals surface area contributed by atoms with Crippen LogP contribution in [-0.2, 0) is 16.0 Å². The summed E-state index contributed by atoms with van der Waals surface area (Å²) in [5, 5.41) is 42.8. The Kier molecular flexibility index (Phi) is 19.3. The zero-order chi connectivity index (χ0) is 29.3. The summed E-state index contributed by atoms with van der Waals surface area (Å²) < 4.78 is 4.86. The summed E-state index contributed by atoms with van der Waals surface area (Å²) in [6.07, 6.45) is -1.99. The number of rotatable bonds is 12. The van der Waals surface area contributed by atoms with Crippen molar-refractivity contribution in [1.82, 2.24) is 10.2 Å². The molecular formula is C26H47N3O8. The second kappa shape index (κ2) is 19.5. The summed E-state index contributed by atoms with van der Waals surface area (Å²) in [5.41, 5.74) is 1.94. The van der Waals surface area contributed by atoms with Crippen LogP contribution in [0.3, 0.4) is 0 Å². The summed E-state index contributed by atoms with van der Waals surface area (Å²) in [6.45, 7) is 11.4. The van der Waals surface area contributed by atoms with Gasteiger partial charge in [0.15, 0.2) is 0 Å². The largest absolute Gasteiger partial charge is 0.394 e. The number of benzene rings is 1. The molecule has 1 rings (SSSR count). The van der Waals surface area contributed by atoms with E-state index in [0.29, 0.717) is 23.1 Å². The first-order chi connectivity index (χ1) is 17.5. The van der Waals surface area contributed by atoms with Gasteiger partial charge in [-0.25, -0.2) is 0 Å². The predicted molar refractivity (Wildman–Crippen MR) is 144 cm³/mol. The lowest BCUT2D eigenvalue weighted by Crippen LogP contribution is -2.38. The maximum atomic E-state index is 13.3. The van der Waals surface area contributed by atoms with Crippen LogP contribution < -0.4 is 10.6 Å². The van der Waals surface area contributed by atoms with E-state index in [1.165, 1.54) is 19.1 Å². The van der Waals surface area contributed by atoms with E-state index in [1.54, 1.807) is 20.8 Å². The van der Waals surface area contributed by atoms with Gasteiger partial charge < -0.3 is 40.7 Å². The maximum Gasteiger partial charge on any atom is 0.254 e. The number of methoxy groups -OCH3 is 1. The zero-order valence-corrected chi connectivity index (χ0v) is 23.8. The number of nitrogens with one attached hydrogen (secondary N) is 2. The Labute approximate surface area is 220 Å². The van der Waals surface area contributed by atoms with Crippen LogP contribution in [0.1, 0.15) is 72.0 Å². The average Bonchev–Trinajstić information content (AvgIpc) is 2.90. The molecule has 214 valence electrons. The molecular weight excluding hydrogens is 482 g/mol. The van der Waals surface area contributed by atoms with Gasteiger partial charge in [0, 0.05) is 44.1 Å². The molecule has 0 bridgehead atoms. The highest BCUT2D eigenvalue weighted by atomic mass is 16.5. The standard InChI is InChI=1S/C22H35N3O8.2C2H6/c1-6-16-18(21(31)23-7-14(28)9-26)12(2)20(24-17(30)11-33-5)13(3)19(16)22(32)25(4)8-15(29)10-27;2*1-2/h14-15,26-29H,6-11H2,1-5H3,(H,23,31)(H,24,30);2*1-2H3. The monoisotopic (exact) mass is 529 g/mol. The van der Waals surface area contributed by atoms with Gasteiger partial charge in [-0.05, 0) is 37.0 Å². The number of carbonyl (C=O) groups excluding carboxylic acids is 3. The topological polar surface area (TPSA) is 169 Å². The van der Waals surface area contributed by atoms with Crippen LogP contribution in [0.25, 0.3) is 0 Å². The normalized spacial score (nSPS) is 11.7. The van der Waals surface area contributed by atoms with E-state index >= 15 is 0 Å². The molecule has 2 atom stereocenters. The minimum absolute atomic E-state index is 0.138. The molecule has 11 heteroatoms. The van der Waals surface area contributed by atoms with Gasteiger partial charge in [-0.2, -0.15) is 0 Å². The van der Waals surface area contributed by atoms with E-state index in [-0.39, 0.29) is 36.5 Å². The van der Waals surface area contributed by atoms with E-state index in [0.717, 1.165) is 0 Å². The first-order valence-corrected chi connectivity index (χ1v) is 12.6. The Balaban J connectivity index is 0. The third-order valence-electron chi connectivity index (χ3n) is 5.19. The van der Waals surface area contributed by atoms with Gasteiger partial charge >= 0.3 is 0 Å². The summed E-state index contributed by atoms with van der Waals surface area (Å²) in [5.74, 6) is -1.55. The smallest absolute Gasteiger partial charge is 0.254 e.